The van der Waals surface area contributed by atoms with Crippen LogP contribution in [0.3, 0.4) is 0 Å². The summed E-state index contributed by atoms with van der Waals surface area (Å²) in [6.45, 7) is 3.84. The second-order valence-corrected chi connectivity index (χ2v) is 6.31. The van der Waals surface area contributed by atoms with Gasteiger partial charge in [0, 0.05) is 10.8 Å². The third kappa shape index (κ3) is 2.85. The van der Waals surface area contributed by atoms with Crippen molar-refractivity contribution in [1.29, 1.82) is 0 Å². The minimum absolute atomic E-state index is 0.0202. The Morgan fingerprint density at radius 1 is 0.750 bits per heavy atom. The summed E-state index contributed by atoms with van der Waals surface area (Å²) in [6.07, 6.45) is 0. The second kappa shape index (κ2) is 7.27. The lowest BCUT2D eigenvalue weighted by molar-refractivity contribution is 0.0474. The Kier molecular flexibility index (Phi) is 4.65. The fourth-order valence-electron chi connectivity index (χ4n) is 3.52. The molecule has 0 aliphatic rings. The first-order valence-electron chi connectivity index (χ1n) is 9.24. The third-order valence-corrected chi connectivity index (χ3v) is 4.68. The van der Waals surface area contributed by atoms with Crippen molar-refractivity contribution in [2.24, 2.45) is 0 Å². The van der Waals surface area contributed by atoms with Crippen molar-refractivity contribution < 1.29 is 19.1 Å². The van der Waals surface area contributed by atoms with Gasteiger partial charge in [0.1, 0.15) is 0 Å². The number of esters is 2. The maximum atomic E-state index is 12.5. The van der Waals surface area contributed by atoms with Crippen LogP contribution in [0.1, 0.15) is 34.7 Å². The van der Waals surface area contributed by atoms with Crippen LogP contribution in [0.15, 0.2) is 54.6 Å². The van der Waals surface area contributed by atoms with Gasteiger partial charge >= 0.3 is 11.9 Å². The molecule has 0 amide bonds. The summed E-state index contributed by atoms with van der Waals surface area (Å²) in [5.74, 6) is -1.22. The minimum atomic E-state index is -0.635. The Labute approximate surface area is 161 Å². The normalized spacial score (nSPS) is 11.1. The van der Waals surface area contributed by atoms with Gasteiger partial charge in [0.25, 0.3) is 0 Å². The highest BCUT2D eigenvalue weighted by molar-refractivity contribution is 6.25. The van der Waals surface area contributed by atoms with E-state index in [9.17, 15) is 9.59 Å². The maximum absolute atomic E-state index is 12.5. The molecule has 5 nitrogen and oxygen atoms in total. The predicted molar refractivity (Wildman–Crippen MR) is 109 cm³/mol. The SMILES string of the molecule is CCOC(=O)c1cc2c3ccccc3c3ccccc3c2nc1C(=O)OCC. The van der Waals surface area contributed by atoms with Gasteiger partial charge in [-0.25, -0.2) is 14.6 Å². The van der Waals surface area contributed by atoms with Gasteiger partial charge in [-0.2, -0.15) is 0 Å². The second-order valence-electron chi connectivity index (χ2n) is 6.31. The van der Waals surface area contributed by atoms with Crippen molar-refractivity contribution in [2.45, 2.75) is 13.8 Å². The molecule has 4 rings (SSSR count). The van der Waals surface area contributed by atoms with Crippen LogP contribution in [0, 0.1) is 0 Å². The van der Waals surface area contributed by atoms with Gasteiger partial charge in [-0.1, -0.05) is 48.5 Å². The standard InChI is InChI=1S/C23H19NO4/c1-3-27-22(25)19-13-18-16-11-6-5-9-14(16)15-10-7-8-12-17(15)20(18)24-21(19)23(26)28-4-2/h5-13H,3-4H2,1-2H3. The van der Waals surface area contributed by atoms with E-state index in [0.29, 0.717) is 5.52 Å². The molecule has 0 spiro atoms. The zero-order chi connectivity index (χ0) is 19.7. The van der Waals surface area contributed by atoms with Crippen molar-refractivity contribution in [3.8, 4) is 0 Å². The molecule has 0 radical (unpaired) electrons. The Balaban J connectivity index is 2.16. The van der Waals surface area contributed by atoms with Gasteiger partial charge in [0.05, 0.1) is 24.3 Å². The van der Waals surface area contributed by atoms with Crippen LogP contribution < -0.4 is 0 Å². The van der Waals surface area contributed by atoms with Crippen LogP contribution in [0.25, 0.3) is 32.4 Å². The number of carbonyl (C=O) groups excluding carboxylic acids is 2. The molecule has 0 unspecified atom stereocenters. The number of ether oxygens (including phenoxy) is 2. The Bertz CT molecular complexity index is 1130. The van der Waals surface area contributed by atoms with Gasteiger partial charge in [-0.05, 0) is 36.1 Å². The average molecular weight is 373 g/mol. The molecule has 140 valence electrons. The number of rotatable bonds is 4. The molecule has 4 aromatic rings. The number of fused-ring (bicyclic) bond motifs is 6. The highest BCUT2D eigenvalue weighted by Gasteiger charge is 2.23. The molecular weight excluding hydrogens is 354 g/mol. The van der Waals surface area contributed by atoms with Crippen LogP contribution in [-0.4, -0.2) is 30.1 Å². The number of hydrogen-bond acceptors (Lipinski definition) is 5. The van der Waals surface area contributed by atoms with Crippen LogP contribution in [0.2, 0.25) is 0 Å². The van der Waals surface area contributed by atoms with Crippen molar-refractivity contribution >= 4 is 44.4 Å². The summed E-state index contributed by atoms with van der Waals surface area (Å²) < 4.78 is 10.3. The molecule has 0 aliphatic heterocycles. The fourth-order valence-corrected chi connectivity index (χ4v) is 3.52. The molecule has 0 saturated carbocycles. The van der Waals surface area contributed by atoms with E-state index in [2.05, 4.69) is 4.98 Å². The summed E-state index contributed by atoms with van der Waals surface area (Å²) in [6, 6.07) is 17.6. The largest absolute Gasteiger partial charge is 0.462 e. The van der Waals surface area contributed by atoms with E-state index in [0.717, 1.165) is 26.9 Å². The molecule has 0 saturated heterocycles. The van der Waals surface area contributed by atoms with E-state index in [4.69, 9.17) is 9.47 Å². The van der Waals surface area contributed by atoms with Gasteiger partial charge in [-0.15, -0.1) is 0 Å². The molecule has 0 fully saturated rings. The predicted octanol–water partition coefficient (Wildman–Crippen LogP) is 4.89. The van der Waals surface area contributed by atoms with Crippen LogP contribution in [0.4, 0.5) is 0 Å². The number of aromatic nitrogens is 1. The average Bonchev–Trinajstić information content (AvgIpc) is 2.73. The third-order valence-electron chi connectivity index (χ3n) is 4.68. The number of pyridine rings is 1. The molecule has 28 heavy (non-hydrogen) atoms. The highest BCUT2D eigenvalue weighted by atomic mass is 16.5. The van der Waals surface area contributed by atoms with Crippen LogP contribution in [-0.2, 0) is 9.47 Å². The first-order valence-corrected chi connectivity index (χ1v) is 9.24. The quantitative estimate of drug-likeness (QED) is 0.376. The van der Waals surface area contributed by atoms with Crippen LogP contribution in [0.5, 0.6) is 0 Å². The van der Waals surface area contributed by atoms with E-state index < -0.39 is 11.9 Å². The van der Waals surface area contributed by atoms with Crippen molar-refractivity contribution in [3.63, 3.8) is 0 Å². The zero-order valence-electron chi connectivity index (χ0n) is 15.7. The number of hydrogen-bond donors (Lipinski definition) is 0. The summed E-state index contributed by atoms with van der Waals surface area (Å²) in [4.78, 5) is 29.7. The highest BCUT2D eigenvalue weighted by Crippen LogP contribution is 2.35. The molecule has 1 aromatic heterocycles. The Morgan fingerprint density at radius 3 is 1.86 bits per heavy atom. The van der Waals surface area contributed by atoms with Gasteiger partial charge < -0.3 is 9.47 Å². The lowest BCUT2D eigenvalue weighted by Gasteiger charge is -2.13. The molecule has 1 heterocycles. The fraction of sp³-hybridized carbons (Fsp3) is 0.174. The zero-order valence-corrected chi connectivity index (χ0v) is 15.7. The van der Waals surface area contributed by atoms with Gasteiger partial charge in [-0.3, -0.25) is 0 Å². The summed E-state index contributed by atoms with van der Waals surface area (Å²) >= 11 is 0. The molecule has 0 N–H and O–H groups in total. The van der Waals surface area contributed by atoms with Crippen LogP contribution >= 0.6 is 0 Å². The molecular formula is C23H19NO4. The molecule has 0 atom stereocenters. The van der Waals surface area contributed by atoms with E-state index in [-0.39, 0.29) is 24.5 Å². The number of carbonyl (C=O) groups is 2. The Hall–Kier alpha value is -3.47. The first kappa shape index (κ1) is 17.9. The minimum Gasteiger partial charge on any atom is -0.462 e. The first-order chi connectivity index (χ1) is 13.7. The number of benzene rings is 3. The summed E-state index contributed by atoms with van der Waals surface area (Å²) in [7, 11) is 0. The van der Waals surface area contributed by atoms with Crippen molar-refractivity contribution in [2.75, 3.05) is 13.2 Å². The molecule has 0 aliphatic carbocycles. The molecule has 0 bridgehead atoms. The Morgan fingerprint density at radius 2 is 1.25 bits per heavy atom. The van der Waals surface area contributed by atoms with E-state index in [1.165, 1.54) is 0 Å². The lowest BCUT2D eigenvalue weighted by Crippen LogP contribution is -2.16. The smallest absolute Gasteiger partial charge is 0.357 e. The van der Waals surface area contributed by atoms with Gasteiger partial charge in [0.2, 0.25) is 0 Å². The number of nitrogens with zero attached hydrogens (tertiary/aromatic N) is 1. The molecule has 3 aromatic carbocycles. The van der Waals surface area contributed by atoms with Crippen molar-refractivity contribution in [3.05, 3.63) is 65.9 Å². The summed E-state index contributed by atoms with van der Waals surface area (Å²) in [5, 5.41) is 4.77. The lowest BCUT2D eigenvalue weighted by atomic mass is 9.95. The monoisotopic (exact) mass is 373 g/mol. The summed E-state index contributed by atoms with van der Waals surface area (Å²) in [5.41, 5.74) is 0.756. The van der Waals surface area contributed by atoms with E-state index >= 15 is 0 Å². The van der Waals surface area contributed by atoms with E-state index in [1.54, 1.807) is 19.9 Å². The topological polar surface area (TPSA) is 65.5 Å². The van der Waals surface area contributed by atoms with E-state index in [1.807, 2.05) is 48.5 Å². The molecule has 5 heteroatoms. The van der Waals surface area contributed by atoms with Crippen molar-refractivity contribution in [1.82, 2.24) is 4.98 Å². The maximum Gasteiger partial charge on any atom is 0.357 e. The van der Waals surface area contributed by atoms with Gasteiger partial charge in [0.15, 0.2) is 5.69 Å².